The van der Waals surface area contributed by atoms with Gasteiger partial charge in [0.15, 0.2) is 0 Å². The summed E-state index contributed by atoms with van der Waals surface area (Å²) in [6.45, 7) is 0. The van der Waals surface area contributed by atoms with Crippen molar-refractivity contribution in [2.75, 3.05) is 0 Å². The zero-order valence-corrected chi connectivity index (χ0v) is 14.8. The van der Waals surface area contributed by atoms with Crippen LogP contribution in [0, 0.1) is 5.82 Å². The molecular formula is C21H15ClFNS. The van der Waals surface area contributed by atoms with Gasteiger partial charge in [-0.25, -0.2) is 9.38 Å². The maximum atomic E-state index is 13.0. The fraction of sp³-hybridized carbons (Fsp3) is 0. The second-order valence-electron chi connectivity index (χ2n) is 5.21. The molecule has 25 heavy (non-hydrogen) atoms. The van der Waals surface area contributed by atoms with Crippen molar-refractivity contribution in [3.63, 3.8) is 0 Å². The third-order valence-electron chi connectivity index (χ3n) is 3.39. The number of aliphatic imine (C=N–C) groups is 1. The Morgan fingerprint density at radius 3 is 2.24 bits per heavy atom. The molecule has 0 aliphatic rings. The van der Waals surface area contributed by atoms with Crippen LogP contribution in [0.5, 0.6) is 0 Å². The molecule has 0 amide bonds. The zero-order valence-electron chi connectivity index (χ0n) is 13.3. The highest BCUT2D eigenvalue weighted by atomic mass is 35.5. The van der Waals surface area contributed by atoms with Gasteiger partial charge in [-0.05, 0) is 60.0 Å². The minimum Gasteiger partial charge on any atom is -0.248 e. The summed E-state index contributed by atoms with van der Waals surface area (Å²) in [4.78, 5) is 5.68. The van der Waals surface area contributed by atoms with E-state index in [2.05, 4.69) is 0 Å². The predicted octanol–water partition coefficient (Wildman–Crippen LogP) is 6.91. The van der Waals surface area contributed by atoms with Gasteiger partial charge in [-0.15, -0.1) is 0 Å². The Morgan fingerprint density at radius 2 is 1.56 bits per heavy atom. The summed E-state index contributed by atoms with van der Waals surface area (Å²) in [5, 5.41) is 2.64. The molecule has 0 heterocycles. The largest absolute Gasteiger partial charge is 0.248 e. The van der Waals surface area contributed by atoms with Crippen LogP contribution < -0.4 is 0 Å². The lowest BCUT2D eigenvalue weighted by atomic mass is 10.1. The number of para-hydroxylation sites is 1. The molecule has 0 fully saturated rings. The molecule has 0 radical (unpaired) electrons. The number of halogens is 2. The summed E-state index contributed by atoms with van der Waals surface area (Å²) in [5.41, 5.74) is 2.69. The smallest absolute Gasteiger partial charge is 0.123 e. The van der Waals surface area contributed by atoms with Crippen LogP contribution in [0.4, 0.5) is 10.1 Å². The Hall–Kier alpha value is -2.36. The van der Waals surface area contributed by atoms with Crippen molar-refractivity contribution in [3.8, 4) is 0 Å². The molecule has 0 spiro atoms. The normalized spacial score (nSPS) is 11.8. The topological polar surface area (TPSA) is 12.4 Å². The van der Waals surface area contributed by atoms with Crippen molar-refractivity contribution >= 4 is 34.8 Å². The molecule has 0 saturated carbocycles. The number of hydrogen-bond donors (Lipinski definition) is 0. The van der Waals surface area contributed by atoms with Crippen LogP contribution in [0.25, 0.3) is 0 Å². The highest BCUT2D eigenvalue weighted by Crippen LogP contribution is 2.21. The summed E-state index contributed by atoms with van der Waals surface area (Å²) in [6, 6.07) is 23.8. The fourth-order valence-corrected chi connectivity index (χ4v) is 2.92. The van der Waals surface area contributed by atoms with Crippen LogP contribution in [0.3, 0.4) is 0 Å². The Balaban J connectivity index is 1.85. The predicted molar refractivity (Wildman–Crippen MR) is 105 cm³/mol. The highest BCUT2D eigenvalue weighted by Gasteiger charge is 2.01. The lowest BCUT2D eigenvalue weighted by Crippen LogP contribution is -1.95. The van der Waals surface area contributed by atoms with E-state index in [1.54, 1.807) is 12.1 Å². The van der Waals surface area contributed by atoms with Gasteiger partial charge in [-0.2, -0.15) is 0 Å². The second-order valence-corrected chi connectivity index (χ2v) is 6.63. The second kappa shape index (κ2) is 8.65. The van der Waals surface area contributed by atoms with Crippen molar-refractivity contribution in [1.82, 2.24) is 0 Å². The molecule has 0 atom stereocenters. The summed E-state index contributed by atoms with van der Waals surface area (Å²) in [6.07, 6.45) is 1.95. The number of hydrogen-bond acceptors (Lipinski definition) is 2. The van der Waals surface area contributed by atoms with Gasteiger partial charge in [0.2, 0.25) is 0 Å². The first-order valence-electron chi connectivity index (χ1n) is 7.69. The molecule has 0 aromatic heterocycles. The van der Waals surface area contributed by atoms with E-state index < -0.39 is 0 Å². The average molecular weight is 368 g/mol. The number of nitrogens with zero attached hydrogens (tertiary/aromatic N) is 1. The van der Waals surface area contributed by atoms with Crippen LogP contribution in [-0.2, 0) is 0 Å². The highest BCUT2D eigenvalue weighted by molar-refractivity contribution is 8.02. The lowest BCUT2D eigenvalue weighted by molar-refractivity contribution is 0.626. The molecule has 3 aromatic carbocycles. The molecule has 4 heteroatoms. The van der Waals surface area contributed by atoms with E-state index in [-0.39, 0.29) is 5.82 Å². The first kappa shape index (κ1) is 17.5. The maximum Gasteiger partial charge on any atom is 0.123 e. The molecular weight excluding hydrogens is 353 g/mol. The molecule has 0 unspecified atom stereocenters. The summed E-state index contributed by atoms with van der Waals surface area (Å²) < 4.78 is 13.0. The fourth-order valence-electron chi connectivity index (χ4n) is 2.15. The zero-order chi connectivity index (χ0) is 17.5. The van der Waals surface area contributed by atoms with Gasteiger partial charge in [0.25, 0.3) is 0 Å². The van der Waals surface area contributed by atoms with Crippen LogP contribution >= 0.6 is 23.4 Å². The molecule has 0 bridgehead atoms. The van der Waals surface area contributed by atoms with Crippen LogP contribution in [-0.4, -0.2) is 5.71 Å². The van der Waals surface area contributed by atoms with Crippen LogP contribution in [0.15, 0.2) is 100 Å². The summed E-state index contributed by atoms with van der Waals surface area (Å²) in [7, 11) is 0. The van der Waals surface area contributed by atoms with E-state index in [9.17, 15) is 4.39 Å². The molecule has 0 aliphatic heterocycles. The van der Waals surface area contributed by atoms with E-state index >= 15 is 0 Å². The van der Waals surface area contributed by atoms with Crippen LogP contribution in [0.1, 0.15) is 5.56 Å². The minimum absolute atomic E-state index is 0.235. The summed E-state index contributed by atoms with van der Waals surface area (Å²) >= 11 is 7.49. The third-order valence-corrected chi connectivity index (χ3v) is 4.46. The Morgan fingerprint density at radius 1 is 0.880 bits per heavy atom. The van der Waals surface area contributed by atoms with E-state index in [1.165, 1.54) is 23.9 Å². The Kier molecular flexibility index (Phi) is 6.04. The lowest BCUT2D eigenvalue weighted by Gasteiger charge is -2.03. The van der Waals surface area contributed by atoms with E-state index in [4.69, 9.17) is 16.6 Å². The SMILES string of the molecule is Fc1ccc(S/C=C/C(=Nc2ccccc2)c2ccc(Cl)cc2)cc1. The first-order valence-corrected chi connectivity index (χ1v) is 8.95. The standard InChI is InChI=1S/C21H15ClFNS/c22-17-8-6-16(7-9-17)21(24-19-4-2-1-3-5-19)14-15-25-20-12-10-18(23)11-13-20/h1-15H/b15-14+,24-21?. The molecule has 0 saturated heterocycles. The van der Waals surface area contributed by atoms with Crippen molar-refractivity contribution in [3.05, 3.63) is 107 Å². The van der Waals surface area contributed by atoms with Gasteiger partial charge in [0, 0.05) is 15.5 Å². The van der Waals surface area contributed by atoms with Gasteiger partial charge in [-0.1, -0.05) is 53.7 Å². The van der Waals surface area contributed by atoms with E-state index in [0.29, 0.717) is 5.02 Å². The molecule has 124 valence electrons. The van der Waals surface area contributed by atoms with Crippen molar-refractivity contribution in [2.45, 2.75) is 4.90 Å². The number of rotatable bonds is 5. The van der Waals surface area contributed by atoms with Crippen LogP contribution in [0.2, 0.25) is 5.02 Å². The Bertz CT molecular complexity index is 872. The third kappa shape index (κ3) is 5.31. The molecule has 1 nitrogen and oxygen atoms in total. The van der Waals surface area contributed by atoms with Crippen molar-refractivity contribution < 1.29 is 4.39 Å². The maximum absolute atomic E-state index is 13.0. The minimum atomic E-state index is -0.235. The molecule has 3 rings (SSSR count). The Labute approximate surface area is 155 Å². The number of benzene rings is 3. The molecule has 0 aliphatic carbocycles. The number of thioether (sulfide) groups is 1. The van der Waals surface area contributed by atoms with Gasteiger partial charge in [0.1, 0.15) is 5.82 Å². The molecule has 3 aromatic rings. The molecule has 0 N–H and O–H groups in total. The van der Waals surface area contributed by atoms with E-state index in [1.807, 2.05) is 66.1 Å². The van der Waals surface area contributed by atoms with Gasteiger partial charge < -0.3 is 0 Å². The monoisotopic (exact) mass is 367 g/mol. The summed E-state index contributed by atoms with van der Waals surface area (Å²) in [5.74, 6) is -0.235. The van der Waals surface area contributed by atoms with Gasteiger partial charge >= 0.3 is 0 Å². The van der Waals surface area contributed by atoms with Gasteiger partial charge in [0.05, 0.1) is 11.4 Å². The van der Waals surface area contributed by atoms with Crippen molar-refractivity contribution in [1.29, 1.82) is 0 Å². The van der Waals surface area contributed by atoms with E-state index in [0.717, 1.165) is 21.9 Å². The average Bonchev–Trinajstić information content (AvgIpc) is 2.64. The van der Waals surface area contributed by atoms with Crippen molar-refractivity contribution in [2.24, 2.45) is 4.99 Å². The van der Waals surface area contributed by atoms with Gasteiger partial charge in [-0.3, -0.25) is 0 Å². The number of allylic oxidation sites excluding steroid dienone is 1. The quantitative estimate of drug-likeness (QED) is 0.352. The first-order chi connectivity index (χ1) is 12.2.